The second-order valence-electron chi connectivity index (χ2n) is 7.34. The Kier molecular flexibility index (Phi) is 3.46. The fourth-order valence-electron chi connectivity index (χ4n) is 4.23. The molecular formula is C20H19FN2O3. The average Bonchev–Trinajstić information content (AvgIpc) is 2.89. The molecule has 1 aliphatic heterocycles. The van der Waals surface area contributed by atoms with Gasteiger partial charge in [0.2, 0.25) is 0 Å². The zero-order chi connectivity index (χ0) is 18.7. The monoisotopic (exact) mass is 354 g/mol. The summed E-state index contributed by atoms with van der Waals surface area (Å²) in [5.74, 6) is -1.19. The summed E-state index contributed by atoms with van der Waals surface area (Å²) in [5.41, 5.74) is -2.21. The molecule has 0 aromatic heterocycles. The quantitative estimate of drug-likeness (QED) is 0.727. The van der Waals surface area contributed by atoms with Crippen LogP contribution in [0.3, 0.4) is 0 Å². The zero-order valence-corrected chi connectivity index (χ0v) is 14.5. The molecule has 3 amide bonds. The van der Waals surface area contributed by atoms with Crippen LogP contribution in [0.4, 0.5) is 9.18 Å². The van der Waals surface area contributed by atoms with E-state index in [1.165, 1.54) is 6.08 Å². The van der Waals surface area contributed by atoms with Crippen LogP contribution in [0.2, 0.25) is 0 Å². The number of allylic oxidation sites excluding steroid dienone is 2. The molecule has 2 unspecified atom stereocenters. The first-order valence-corrected chi connectivity index (χ1v) is 8.56. The van der Waals surface area contributed by atoms with Crippen LogP contribution in [0.1, 0.15) is 25.8 Å². The molecule has 2 bridgehead atoms. The molecule has 1 saturated heterocycles. The number of nitrogens with one attached hydrogen (secondary N) is 2. The Balaban J connectivity index is 1.87. The van der Waals surface area contributed by atoms with Crippen LogP contribution in [0.5, 0.6) is 0 Å². The van der Waals surface area contributed by atoms with Gasteiger partial charge >= 0.3 is 6.03 Å². The number of fused-ring (bicyclic) bond motifs is 2. The van der Waals surface area contributed by atoms with Crippen LogP contribution in [0.15, 0.2) is 59.5 Å². The second-order valence-corrected chi connectivity index (χ2v) is 7.34. The second kappa shape index (κ2) is 5.38. The van der Waals surface area contributed by atoms with Crippen molar-refractivity contribution in [2.45, 2.75) is 31.4 Å². The predicted molar refractivity (Wildman–Crippen MR) is 94.4 cm³/mol. The van der Waals surface area contributed by atoms with Gasteiger partial charge in [-0.2, -0.15) is 0 Å². The van der Waals surface area contributed by atoms with Crippen molar-refractivity contribution in [3.63, 3.8) is 0 Å². The van der Waals surface area contributed by atoms with Gasteiger partial charge in [0.05, 0.1) is 0 Å². The van der Waals surface area contributed by atoms with E-state index in [-0.39, 0.29) is 23.5 Å². The van der Waals surface area contributed by atoms with E-state index in [1.807, 2.05) is 44.2 Å². The summed E-state index contributed by atoms with van der Waals surface area (Å²) in [6, 6.07) is 8.43. The van der Waals surface area contributed by atoms with Gasteiger partial charge in [0.15, 0.2) is 11.1 Å². The normalized spacial score (nSPS) is 29.9. The van der Waals surface area contributed by atoms with Crippen molar-refractivity contribution in [2.75, 3.05) is 0 Å². The molecule has 1 aromatic rings. The Hall–Kier alpha value is -2.73. The van der Waals surface area contributed by atoms with Gasteiger partial charge in [0.1, 0.15) is 5.83 Å². The molecule has 1 aromatic carbocycles. The summed E-state index contributed by atoms with van der Waals surface area (Å²) in [6.45, 7) is 3.76. The van der Waals surface area contributed by atoms with E-state index in [0.29, 0.717) is 5.57 Å². The van der Waals surface area contributed by atoms with E-state index in [0.717, 1.165) is 5.56 Å². The summed E-state index contributed by atoms with van der Waals surface area (Å²) in [7, 11) is 0. The Bertz CT molecular complexity index is 916. The van der Waals surface area contributed by atoms with Gasteiger partial charge in [-0.15, -0.1) is 0 Å². The van der Waals surface area contributed by atoms with Gasteiger partial charge in [-0.1, -0.05) is 56.3 Å². The van der Waals surface area contributed by atoms with E-state index in [4.69, 9.17) is 0 Å². The first kappa shape index (κ1) is 16.7. The van der Waals surface area contributed by atoms with Crippen molar-refractivity contribution >= 4 is 17.5 Å². The molecule has 0 spiro atoms. The molecule has 4 rings (SSSR count). The highest BCUT2D eigenvalue weighted by molar-refractivity contribution is 6.11. The van der Waals surface area contributed by atoms with Gasteiger partial charge in [-0.05, 0) is 23.5 Å². The van der Waals surface area contributed by atoms with Crippen LogP contribution in [0.25, 0.3) is 5.57 Å². The van der Waals surface area contributed by atoms with Crippen LogP contribution in [-0.2, 0) is 4.79 Å². The van der Waals surface area contributed by atoms with Crippen molar-refractivity contribution in [1.82, 2.24) is 10.6 Å². The lowest BCUT2D eigenvalue weighted by atomic mass is 9.56. The number of urea groups is 1. The number of benzene rings is 1. The fraction of sp³-hybridized carbons (Fsp3) is 0.300. The van der Waals surface area contributed by atoms with Crippen molar-refractivity contribution in [2.24, 2.45) is 5.92 Å². The predicted octanol–water partition coefficient (Wildman–Crippen LogP) is 2.60. The van der Waals surface area contributed by atoms with Gasteiger partial charge in [-0.25, -0.2) is 9.18 Å². The number of aliphatic hydroxyl groups is 1. The lowest BCUT2D eigenvalue weighted by molar-refractivity contribution is -0.132. The highest BCUT2D eigenvalue weighted by Crippen LogP contribution is 2.59. The Morgan fingerprint density at radius 2 is 1.85 bits per heavy atom. The molecule has 2 atom stereocenters. The summed E-state index contributed by atoms with van der Waals surface area (Å²) >= 11 is 0. The molecule has 0 saturated carbocycles. The first-order chi connectivity index (χ1) is 12.3. The molecule has 1 fully saturated rings. The lowest BCUT2D eigenvalue weighted by Crippen LogP contribution is -2.70. The van der Waals surface area contributed by atoms with Crippen LogP contribution in [-0.4, -0.2) is 28.2 Å². The number of hydrogen-bond donors (Lipinski definition) is 3. The van der Waals surface area contributed by atoms with Crippen molar-refractivity contribution in [1.29, 1.82) is 0 Å². The molecule has 0 radical (unpaired) electrons. The first-order valence-electron chi connectivity index (χ1n) is 8.56. The number of amides is 3. The molecule has 1 heterocycles. The van der Waals surface area contributed by atoms with Crippen molar-refractivity contribution < 1.29 is 19.1 Å². The zero-order valence-electron chi connectivity index (χ0n) is 14.5. The number of hydrogen-bond acceptors (Lipinski definition) is 3. The third-order valence-electron chi connectivity index (χ3n) is 5.25. The van der Waals surface area contributed by atoms with E-state index in [9.17, 15) is 19.1 Å². The minimum atomic E-state index is -1.91. The number of imide groups is 1. The molecule has 3 aliphatic rings. The highest BCUT2D eigenvalue weighted by atomic mass is 19.1. The minimum Gasteiger partial charge on any atom is -0.377 e. The fourth-order valence-corrected chi connectivity index (χ4v) is 4.23. The maximum Gasteiger partial charge on any atom is 0.322 e. The summed E-state index contributed by atoms with van der Waals surface area (Å²) < 4.78 is 14.8. The average molecular weight is 354 g/mol. The van der Waals surface area contributed by atoms with Gasteiger partial charge in [0.25, 0.3) is 5.91 Å². The number of halogens is 1. The summed E-state index contributed by atoms with van der Waals surface area (Å²) in [6.07, 6.45) is 3.40. The standard InChI is InChI=1S/C20H19FN2O3/c1-11(2)10-19(17(24)22-18(25)23-19)20(26)14-9-8-13(15(20)16(14)21)12-6-4-3-5-7-12/h3-9,11,26H,10H2,1-2H3,(H2,22,23,24,25). The Morgan fingerprint density at radius 1 is 1.15 bits per heavy atom. The summed E-state index contributed by atoms with van der Waals surface area (Å²) in [4.78, 5) is 24.6. The van der Waals surface area contributed by atoms with Crippen LogP contribution in [0, 0.1) is 5.92 Å². The topological polar surface area (TPSA) is 78.4 Å². The molecule has 6 heteroatoms. The molecule has 5 nitrogen and oxygen atoms in total. The van der Waals surface area contributed by atoms with Gasteiger partial charge in [-0.3, -0.25) is 10.1 Å². The van der Waals surface area contributed by atoms with Gasteiger partial charge in [0, 0.05) is 11.1 Å². The number of rotatable bonds is 4. The molecule has 26 heavy (non-hydrogen) atoms. The summed E-state index contributed by atoms with van der Waals surface area (Å²) in [5, 5.41) is 16.4. The smallest absolute Gasteiger partial charge is 0.322 e. The number of carbonyl (C=O) groups is 2. The highest BCUT2D eigenvalue weighted by Gasteiger charge is 2.70. The van der Waals surface area contributed by atoms with Crippen LogP contribution < -0.4 is 10.6 Å². The maximum absolute atomic E-state index is 14.8. The SMILES string of the molecule is CC(C)CC1(C2(O)c3ccc(-c4ccccc4)c2c3F)NC(=O)NC1=O. The van der Waals surface area contributed by atoms with E-state index in [1.54, 1.807) is 6.08 Å². The van der Waals surface area contributed by atoms with E-state index in [2.05, 4.69) is 10.6 Å². The minimum absolute atomic E-state index is 0.0158. The molecule has 3 N–H and O–H groups in total. The van der Waals surface area contributed by atoms with Crippen molar-refractivity contribution in [3.8, 4) is 0 Å². The molecule has 2 aliphatic carbocycles. The Labute approximate surface area is 150 Å². The van der Waals surface area contributed by atoms with Crippen LogP contribution >= 0.6 is 0 Å². The van der Waals surface area contributed by atoms with Crippen molar-refractivity contribution in [3.05, 3.63) is 65.0 Å². The Morgan fingerprint density at radius 3 is 2.38 bits per heavy atom. The maximum atomic E-state index is 14.8. The lowest BCUT2D eigenvalue weighted by Gasteiger charge is -2.53. The van der Waals surface area contributed by atoms with Gasteiger partial charge < -0.3 is 10.4 Å². The molecular weight excluding hydrogens is 335 g/mol. The van der Waals surface area contributed by atoms with E-state index < -0.39 is 28.9 Å². The number of carbonyl (C=O) groups excluding carboxylic acids is 2. The molecule has 134 valence electrons. The largest absolute Gasteiger partial charge is 0.377 e. The van der Waals surface area contributed by atoms with E-state index >= 15 is 0 Å². The third-order valence-corrected chi connectivity index (χ3v) is 5.25. The third kappa shape index (κ3) is 1.93.